The van der Waals surface area contributed by atoms with Crippen molar-refractivity contribution in [3.63, 3.8) is 0 Å². The van der Waals surface area contributed by atoms with Gasteiger partial charge in [0.2, 0.25) is 0 Å². The fourth-order valence-corrected chi connectivity index (χ4v) is 2.59. The molecule has 2 fully saturated rings. The molecule has 1 aliphatic carbocycles. The Morgan fingerprint density at radius 1 is 1.44 bits per heavy atom. The van der Waals surface area contributed by atoms with Crippen molar-refractivity contribution in [3.8, 4) is 0 Å². The molecule has 1 spiro atoms. The van der Waals surface area contributed by atoms with Crippen LogP contribution >= 0.6 is 0 Å². The summed E-state index contributed by atoms with van der Waals surface area (Å²) in [5.74, 6) is -0.249. The number of ether oxygens (including phenoxy) is 2. The van der Waals surface area contributed by atoms with E-state index in [-0.39, 0.29) is 17.8 Å². The zero-order valence-electron chi connectivity index (χ0n) is 10.2. The van der Waals surface area contributed by atoms with Crippen LogP contribution in [0.4, 0.5) is 0 Å². The van der Waals surface area contributed by atoms with E-state index in [9.17, 15) is 4.79 Å². The van der Waals surface area contributed by atoms with Crippen molar-refractivity contribution in [3.05, 3.63) is 24.2 Å². The van der Waals surface area contributed by atoms with Gasteiger partial charge in [0.1, 0.15) is 6.10 Å². The SMILES string of the molecule is O=C(NCC1COC2(CCCC2)O1)c1ccco1. The van der Waals surface area contributed by atoms with E-state index in [1.807, 2.05) is 0 Å². The number of hydrogen-bond donors (Lipinski definition) is 1. The minimum absolute atomic E-state index is 0.0537. The Hall–Kier alpha value is -1.33. The Balaban J connectivity index is 1.48. The molecule has 1 amide bonds. The number of amides is 1. The molecule has 1 N–H and O–H groups in total. The van der Waals surface area contributed by atoms with E-state index >= 15 is 0 Å². The number of nitrogens with one attached hydrogen (secondary N) is 1. The first-order chi connectivity index (χ1) is 8.77. The van der Waals surface area contributed by atoms with Crippen molar-refractivity contribution in [2.45, 2.75) is 37.6 Å². The third-order valence-corrected chi connectivity index (χ3v) is 3.51. The molecule has 3 rings (SSSR count). The molecular formula is C13H17NO4. The van der Waals surface area contributed by atoms with Gasteiger partial charge in [0.25, 0.3) is 5.91 Å². The van der Waals surface area contributed by atoms with Crippen LogP contribution in [0.2, 0.25) is 0 Å². The zero-order valence-corrected chi connectivity index (χ0v) is 10.2. The average molecular weight is 251 g/mol. The Morgan fingerprint density at radius 2 is 2.28 bits per heavy atom. The van der Waals surface area contributed by atoms with Crippen LogP contribution in [-0.2, 0) is 9.47 Å². The van der Waals surface area contributed by atoms with Crippen molar-refractivity contribution < 1.29 is 18.7 Å². The van der Waals surface area contributed by atoms with Gasteiger partial charge in [0.05, 0.1) is 12.9 Å². The molecule has 2 aliphatic rings. The molecule has 2 heterocycles. The second-order valence-electron chi connectivity index (χ2n) is 4.86. The van der Waals surface area contributed by atoms with E-state index in [1.165, 1.54) is 6.26 Å². The van der Waals surface area contributed by atoms with Crippen LogP contribution in [0.1, 0.15) is 36.2 Å². The Kier molecular flexibility index (Phi) is 3.09. The van der Waals surface area contributed by atoms with Gasteiger partial charge in [-0.25, -0.2) is 0 Å². The third-order valence-electron chi connectivity index (χ3n) is 3.51. The molecule has 1 aromatic rings. The van der Waals surface area contributed by atoms with Crippen molar-refractivity contribution in [2.75, 3.05) is 13.2 Å². The van der Waals surface area contributed by atoms with Gasteiger partial charge >= 0.3 is 0 Å². The summed E-state index contributed by atoms with van der Waals surface area (Å²) in [6.07, 6.45) is 5.68. The normalized spacial score (nSPS) is 25.7. The number of furan rings is 1. The molecular weight excluding hydrogens is 234 g/mol. The molecule has 0 bridgehead atoms. The molecule has 98 valence electrons. The maximum atomic E-state index is 11.7. The minimum atomic E-state index is -0.361. The summed E-state index contributed by atoms with van der Waals surface area (Å²) in [4.78, 5) is 11.7. The summed E-state index contributed by atoms with van der Waals surface area (Å²) in [6, 6.07) is 3.33. The number of rotatable bonds is 3. The van der Waals surface area contributed by atoms with Crippen LogP contribution in [0, 0.1) is 0 Å². The summed E-state index contributed by atoms with van der Waals surface area (Å²) in [6.45, 7) is 1.01. The lowest BCUT2D eigenvalue weighted by atomic mass is 10.2. The third kappa shape index (κ3) is 2.28. The number of carbonyl (C=O) groups excluding carboxylic acids is 1. The predicted octanol–water partition coefficient (Wildman–Crippen LogP) is 1.70. The van der Waals surface area contributed by atoms with Crippen molar-refractivity contribution in [2.24, 2.45) is 0 Å². The van der Waals surface area contributed by atoms with Crippen molar-refractivity contribution in [1.82, 2.24) is 5.32 Å². The van der Waals surface area contributed by atoms with E-state index in [1.54, 1.807) is 12.1 Å². The van der Waals surface area contributed by atoms with Crippen LogP contribution in [0.15, 0.2) is 22.8 Å². The van der Waals surface area contributed by atoms with Gasteiger partial charge in [-0.2, -0.15) is 0 Å². The summed E-state index contributed by atoms with van der Waals surface area (Å²) < 4.78 is 16.7. The molecule has 0 aromatic carbocycles. The number of carbonyl (C=O) groups is 1. The first-order valence-corrected chi connectivity index (χ1v) is 6.41. The maximum Gasteiger partial charge on any atom is 0.287 e. The lowest BCUT2D eigenvalue weighted by Gasteiger charge is -2.21. The molecule has 0 radical (unpaired) electrons. The standard InChI is InChI=1S/C13H17NO4/c15-12(11-4-3-7-16-11)14-8-10-9-17-13(18-10)5-1-2-6-13/h3-4,7,10H,1-2,5-6,8-9H2,(H,14,15). The first-order valence-electron chi connectivity index (χ1n) is 6.41. The Labute approximate surface area is 105 Å². The van der Waals surface area contributed by atoms with Gasteiger partial charge in [0, 0.05) is 19.4 Å². The first kappa shape index (κ1) is 11.7. The minimum Gasteiger partial charge on any atom is -0.459 e. The van der Waals surface area contributed by atoms with E-state index < -0.39 is 0 Å². The van der Waals surface area contributed by atoms with Gasteiger partial charge in [0.15, 0.2) is 11.5 Å². The maximum absolute atomic E-state index is 11.7. The second kappa shape index (κ2) is 4.74. The molecule has 18 heavy (non-hydrogen) atoms. The fraction of sp³-hybridized carbons (Fsp3) is 0.615. The molecule has 1 aromatic heterocycles. The Morgan fingerprint density at radius 3 is 3.00 bits per heavy atom. The highest BCUT2D eigenvalue weighted by Gasteiger charge is 2.43. The highest BCUT2D eigenvalue weighted by molar-refractivity contribution is 5.91. The van der Waals surface area contributed by atoms with E-state index in [0.29, 0.717) is 18.9 Å². The molecule has 1 saturated carbocycles. The molecule has 5 heteroatoms. The van der Waals surface area contributed by atoms with Gasteiger partial charge in [-0.05, 0) is 25.0 Å². The van der Waals surface area contributed by atoms with Crippen molar-refractivity contribution in [1.29, 1.82) is 0 Å². The van der Waals surface area contributed by atoms with Crippen LogP contribution in [0.3, 0.4) is 0 Å². The summed E-state index contributed by atoms with van der Waals surface area (Å²) in [5.41, 5.74) is 0. The average Bonchev–Trinajstić information content (AvgIpc) is 3.09. The van der Waals surface area contributed by atoms with Crippen molar-refractivity contribution >= 4 is 5.91 Å². The zero-order chi connectivity index (χ0) is 12.4. The molecule has 5 nitrogen and oxygen atoms in total. The van der Waals surface area contributed by atoms with Crippen LogP contribution in [0.5, 0.6) is 0 Å². The molecule has 1 saturated heterocycles. The lowest BCUT2D eigenvalue weighted by Crippen LogP contribution is -2.35. The van der Waals surface area contributed by atoms with Crippen LogP contribution in [-0.4, -0.2) is 30.9 Å². The topological polar surface area (TPSA) is 60.7 Å². The van der Waals surface area contributed by atoms with Gasteiger partial charge in [-0.1, -0.05) is 0 Å². The van der Waals surface area contributed by atoms with Gasteiger partial charge in [-0.15, -0.1) is 0 Å². The second-order valence-corrected chi connectivity index (χ2v) is 4.86. The smallest absolute Gasteiger partial charge is 0.287 e. The molecule has 1 aliphatic heterocycles. The summed E-state index contributed by atoms with van der Waals surface area (Å²) >= 11 is 0. The van der Waals surface area contributed by atoms with E-state index in [2.05, 4.69) is 5.32 Å². The van der Waals surface area contributed by atoms with Gasteiger partial charge < -0.3 is 19.2 Å². The Bertz CT molecular complexity index is 409. The van der Waals surface area contributed by atoms with Crippen LogP contribution < -0.4 is 5.32 Å². The fourth-order valence-electron chi connectivity index (χ4n) is 2.59. The quantitative estimate of drug-likeness (QED) is 0.888. The largest absolute Gasteiger partial charge is 0.459 e. The molecule has 1 unspecified atom stereocenters. The predicted molar refractivity (Wildman–Crippen MR) is 63.1 cm³/mol. The summed E-state index contributed by atoms with van der Waals surface area (Å²) in [7, 11) is 0. The van der Waals surface area contributed by atoms with E-state index in [4.69, 9.17) is 13.9 Å². The van der Waals surface area contributed by atoms with Crippen LogP contribution in [0.25, 0.3) is 0 Å². The summed E-state index contributed by atoms with van der Waals surface area (Å²) in [5, 5.41) is 2.80. The lowest BCUT2D eigenvalue weighted by molar-refractivity contribution is -0.161. The number of hydrogen-bond acceptors (Lipinski definition) is 4. The van der Waals surface area contributed by atoms with E-state index in [0.717, 1.165) is 25.7 Å². The highest BCUT2D eigenvalue weighted by Crippen LogP contribution is 2.38. The monoisotopic (exact) mass is 251 g/mol. The highest BCUT2D eigenvalue weighted by atomic mass is 16.7. The van der Waals surface area contributed by atoms with Gasteiger partial charge in [-0.3, -0.25) is 4.79 Å². The molecule has 1 atom stereocenters.